The molecular weight excluding hydrogens is 162 g/mol. The largest absolute Gasteiger partial charge is 0.320 e. The lowest BCUT2D eigenvalue weighted by molar-refractivity contribution is 0.115. The van der Waals surface area contributed by atoms with Crippen LogP contribution in [-0.2, 0) is 0 Å². The Balaban J connectivity index is 2.19. The van der Waals surface area contributed by atoms with E-state index in [0.29, 0.717) is 0 Å². The van der Waals surface area contributed by atoms with Gasteiger partial charge in [-0.3, -0.25) is 4.90 Å². The molecule has 1 heterocycles. The van der Waals surface area contributed by atoms with Crippen molar-refractivity contribution < 1.29 is 0 Å². The highest BCUT2D eigenvalue weighted by atomic mass is 15.3. The Kier molecular flexibility index (Phi) is 4.70. The summed E-state index contributed by atoms with van der Waals surface area (Å²) in [5.74, 6) is 0. The monoisotopic (exact) mass is 185 g/mol. The summed E-state index contributed by atoms with van der Waals surface area (Å²) in [6.07, 6.45) is 1.26. The van der Waals surface area contributed by atoms with Gasteiger partial charge in [-0.25, -0.2) is 0 Å². The molecule has 0 spiro atoms. The van der Waals surface area contributed by atoms with Crippen LogP contribution < -0.4 is 5.32 Å². The zero-order valence-electron chi connectivity index (χ0n) is 9.21. The summed E-state index contributed by atoms with van der Waals surface area (Å²) in [5, 5.41) is 3.21. The second-order valence-electron chi connectivity index (χ2n) is 4.08. The first-order valence-electron chi connectivity index (χ1n) is 5.31. The van der Waals surface area contributed by atoms with Gasteiger partial charge in [-0.2, -0.15) is 0 Å². The second kappa shape index (κ2) is 5.58. The van der Waals surface area contributed by atoms with Crippen LogP contribution in [0.2, 0.25) is 0 Å². The Bertz CT molecular complexity index is 130. The Labute approximate surface area is 82.1 Å². The lowest BCUT2D eigenvalue weighted by atomic mass is 10.2. The molecule has 0 bridgehead atoms. The Morgan fingerprint density at radius 2 is 1.85 bits per heavy atom. The highest BCUT2D eigenvalue weighted by Gasteiger charge is 2.18. The van der Waals surface area contributed by atoms with E-state index in [4.69, 9.17) is 0 Å². The molecular formula is C10H23N3. The topological polar surface area (TPSA) is 18.5 Å². The van der Waals surface area contributed by atoms with E-state index in [1.165, 1.54) is 32.6 Å². The second-order valence-corrected chi connectivity index (χ2v) is 4.08. The molecule has 1 fully saturated rings. The van der Waals surface area contributed by atoms with E-state index in [2.05, 4.69) is 29.1 Å². The van der Waals surface area contributed by atoms with Gasteiger partial charge >= 0.3 is 0 Å². The van der Waals surface area contributed by atoms with Crippen molar-refractivity contribution in [1.82, 2.24) is 15.1 Å². The van der Waals surface area contributed by atoms with Crippen LogP contribution in [0.5, 0.6) is 0 Å². The molecule has 1 aliphatic heterocycles. The van der Waals surface area contributed by atoms with Crippen LogP contribution in [0.25, 0.3) is 0 Å². The molecule has 1 rings (SSSR count). The first-order valence-corrected chi connectivity index (χ1v) is 5.31. The van der Waals surface area contributed by atoms with Crippen LogP contribution in [0.15, 0.2) is 0 Å². The summed E-state index contributed by atoms with van der Waals surface area (Å²) in [6, 6.07) is 0.737. The maximum absolute atomic E-state index is 3.21. The van der Waals surface area contributed by atoms with Gasteiger partial charge < -0.3 is 10.2 Å². The molecule has 1 saturated heterocycles. The molecule has 0 radical (unpaired) electrons. The molecule has 78 valence electrons. The summed E-state index contributed by atoms with van der Waals surface area (Å²) in [4.78, 5) is 5.00. The number of hydrogen-bond acceptors (Lipinski definition) is 3. The first kappa shape index (κ1) is 11.0. The fraction of sp³-hybridized carbons (Fsp3) is 1.00. The van der Waals surface area contributed by atoms with Gasteiger partial charge in [0.2, 0.25) is 0 Å². The normalized spacial score (nSPS) is 23.3. The van der Waals surface area contributed by atoms with Crippen molar-refractivity contribution in [2.24, 2.45) is 0 Å². The highest BCUT2D eigenvalue weighted by Crippen LogP contribution is 2.06. The minimum absolute atomic E-state index is 0.737. The third-order valence-electron chi connectivity index (χ3n) is 2.97. The van der Waals surface area contributed by atoms with E-state index < -0.39 is 0 Å². The van der Waals surface area contributed by atoms with Crippen molar-refractivity contribution in [2.45, 2.75) is 19.4 Å². The van der Waals surface area contributed by atoms with Gasteiger partial charge in [0.1, 0.15) is 0 Å². The van der Waals surface area contributed by atoms with Crippen molar-refractivity contribution in [1.29, 1.82) is 0 Å². The van der Waals surface area contributed by atoms with E-state index in [-0.39, 0.29) is 0 Å². The van der Waals surface area contributed by atoms with Crippen molar-refractivity contribution in [3.63, 3.8) is 0 Å². The summed E-state index contributed by atoms with van der Waals surface area (Å²) in [5.41, 5.74) is 0. The summed E-state index contributed by atoms with van der Waals surface area (Å²) < 4.78 is 0. The van der Waals surface area contributed by atoms with Crippen molar-refractivity contribution >= 4 is 0 Å². The highest BCUT2D eigenvalue weighted by molar-refractivity contribution is 4.74. The molecule has 0 aromatic rings. The molecule has 0 aliphatic carbocycles. The minimum atomic E-state index is 0.737. The third kappa shape index (κ3) is 3.63. The Morgan fingerprint density at radius 1 is 1.23 bits per heavy atom. The smallest absolute Gasteiger partial charge is 0.0113 e. The van der Waals surface area contributed by atoms with E-state index >= 15 is 0 Å². The fourth-order valence-corrected chi connectivity index (χ4v) is 1.80. The molecule has 3 heteroatoms. The van der Waals surface area contributed by atoms with Crippen molar-refractivity contribution in [3.8, 4) is 0 Å². The number of likely N-dealkylation sites (N-methyl/N-ethyl adjacent to an activating group) is 1. The van der Waals surface area contributed by atoms with Crippen LogP contribution in [0, 0.1) is 0 Å². The molecule has 1 unspecified atom stereocenters. The van der Waals surface area contributed by atoms with Gasteiger partial charge in [0, 0.05) is 32.2 Å². The van der Waals surface area contributed by atoms with E-state index in [1.807, 2.05) is 7.05 Å². The van der Waals surface area contributed by atoms with Crippen LogP contribution >= 0.6 is 0 Å². The van der Waals surface area contributed by atoms with Gasteiger partial charge in [-0.1, -0.05) is 0 Å². The zero-order valence-corrected chi connectivity index (χ0v) is 9.21. The van der Waals surface area contributed by atoms with Gasteiger partial charge in [0.15, 0.2) is 0 Å². The third-order valence-corrected chi connectivity index (χ3v) is 2.97. The Hall–Kier alpha value is -0.120. The molecule has 0 aromatic carbocycles. The van der Waals surface area contributed by atoms with Crippen LogP contribution in [0.1, 0.15) is 13.3 Å². The lowest BCUT2D eigenvalue weighted by Crippen LogP contribution is -2.48. The predicted molar refractivity (Wildman–Crippen MR) is 57.1 cm³/mol. The maximum Gasteiger partial charge on any atom is 0.0113 e. The number of rotatable bonds is 4. The lowest BCUT2D eigenvalue weighted by Gasteiger charge is -2.36. The van der Waals surface area contributed by atoms with Gasteiger partial charge in [0.05, 0.1) is 0 Å². The van der Waals surface area contributed by atoms with Crippen LogP contribution in [0.3, 0.4) is 0 Å². The predicted octanol–water partition coefficient (Wildman–Crippen LogP) is 0.232. The van der Waals surface area contributed by atoms with Gasteiger partial charge in [0.25, 0.3) is 0 Å². The van der Waals surface area contributed by atoms with Crippen molar-refractivity contribution in [2.75, 3.05) is 46.8 Å². The average Bonchev–Trinajstić information content (AvgIpc) is 2.15. The van der Waals surface area contributed by atoms with Crippen molar-refractivity contribution in [3.05, 3.63) is 0 Å². The molecule has 1 atom stereocenters. The molecule has 13 heavy (non-hydrogen) atoms. The fourth-order valence-electron chi connectivity index (χ4n) is 1.80. The molecule has 3 nitrogen and oxygen atoms in total. The standard InChI is InChI=1S/C10H23N3/c1-10(4-5-11-2)13-8-6-12(3)7-9-13/h10-11H,4-9H2,1-3H3. The van der Waals surface area contributed by atoms with E-state index in [0.717, 1.165) is 12.6 Å². The molecule has 1 aliphatic rings. The Morgan fingerprint density at radius 3 is 2.38 bits per heavy atom. The van der Waals surface area contributed by atoms with Gasteiger partial charge in [-0.05, 0) is 34.0 Å². The zero-order chi connectivity index (χ0) is 9.68. The van der Waals surface area contributed by atoms with Crippen LogP contribution in [-0.4, -0.2) is 62.7 Å². The quantitative estimate of drug-likeness (QED) is 0.676. The summed E-state index contributed by atoms with van der Waals surface area (Å²) in [7, 11) is 4.23. The van der Waals surface area contributed by atoms with Crippen LogP contribution in [0.4, 0.5) is 0 Å². The molecule has 0 saturated carbocycles. The van der Waals surface area contributed by atoms with Gasteiger partial charge in [-0.15, -0.1) is 0 Å². The maximum atomic E-state index is 3.21. The van der Waals surface area contributed by atoms with E-state index in [1.54, 1.807) is 0 Å². The summed E-state index contributed by atoms with van der Waals surface area (Å²) >= 11 is 0. The number of hydrogen-bond donors (Lipinski definition) is 1. The molecule has 1 N–H and O–H groups in total. The number of nitrogens with zero attached hydrogens (tertiary/aromatic N) is 2. The molecule has 0 aromatic heterocycles. The SMILES string of the molecule is CNCCC(C)N1CCN(C)CC1. The average molecular weight is 185 g/mol. The van der Waals surface area contributed by atoms with E-state index in [9.17, 15) is 0 Å². The minimum Gasteiger partial charge on any atom is -0.320 e. The first-order chi connectivity index (χ1) is 6.24. The number of nitrogens with one attached hydrogen (secondary N) is 1. The number of piperazine rings is 1. The summed E-state index contributed by atoms with van der Waals surface area (Å²) in [6.45, 7) is 8.40. The molecule has 0 amide bonds.